The van der Waals surface area contributed by atoms with E-state index in [9.17, 15) is 4.79 Å². The van der Waals surface area contributed by atoms with Gasteiger partial charge in [0.1, 0.15) is 0 Å². The van der Waals surface area contributed by atoms with Crippen molar-refractivity contribution in [3.63, 3.8) is 0 Å². The predicted octanol–water partition coefficient (Wildman–Crippen LogP) is 0.222. The van der Waals surface area contributed by atoms with Crippen LogP contribution in [0.5, 0.6) is 0 Å². The largest absolute Gasteiger partial charge is 0.355 e. The third-order valence-corrected chi connectivity index (χ3v) is 2.20. The molecule has 0 aliphatic carbocycles. The zero-order valence-corrected chi connectivity index (χ0v) is 7.88. The first kappa shape index (κ1) is 10.1. The summed E-state index contributed by atoms with van der Waals surface area (Å²) < 4.78 is 0. The van der Waals surface area contributed by atoms with E-state index in [1.165, 1.54) is 0 Å². The number of terminal acetylenes is 1. The Morgan fingerprint density at radius 3 is 3.15 bits per heavy atom. The van der Waals surface area contributed by atoms with Gasteiger partial charge < -0.3 is 10.2 Å². The maximum atomic E-state index is 11.0. The summed E-state index contributed by atoms with van der Waals surface area (Å²) in [7, 11) is 0. The number of amides is 1. The molecule has 0 aromatic carbocycles. The highest BCUT2D eigenvalue weighted by Crippen LogP contribution is 1.99. The fourth-order valence-electron chi connectivity index (χ4n) is 1.44. The molecule has 1 rings (SSSR count). The number of unbranched alkanes of at least 4 members (excludes halogenated alkanes) is 1. The van der Waals surface area contributed by atoms with E-state index in [0.29, 0.717) is 6.42 Å². The normalized spacial score (nSPS) is 18.8. The van der Waals surface area contributed by atoms with Gasteiger partial charge in [-0.2, -0.15) is 0 Å². The molecular formula is C10H16N2O. The van der Waals surface area contributed by atoms with Gasteiger partial charge in [-0.15, -0.1) is 12.3 Å². The number of nitrogens with zero attached hydrogens (tertiary/aromatic N) is 1. The number of hydrogen-bond acceptors (Lipinski definition) is 2. The van der Waals surface area contributed by atoms with Crippen molar-refractivity contribution in [2.45, 2.75) is 19.3 Å². The van der Waals surface area contributed by atoms with Gasteiger partial charge in [0.2, 0.25) is 5.91 Å². The molecule has 3 nitrogen and oxygen atoms in total. The second-order valence-electron chi connectivity index (χ2n) is 3.25. The fraction of sp³-hybridized carbons (Fsp3) is 0.700. The van der Waals surface area contributed by atoms with Gasteiger partial charge in [-0.1, -0.05) is 0 Å². The Bertz CT molecular complexity index is 207. The molecule has 1 aliphatic heterocycles. The number of hydrogen-bond donors (Lipinski definition) is 1. The minimum absolute atomic E-state index is 0.166. The molecule has 1 saturated heterocycles. The third-order valence-electron chi connectivity index (χ3n) is 2.20. The lowest BCUT2D eigenvalue weighted by Gasteiger charge is -2.17. The molecule has 1 heterocycles. The second-order valence-corrected chi connectivity index (χ2v) is 3.25. The minimum atomic E-state index is 0.166. The quantitative estimate of drug-likeness (QED) is 0.498. The van der Waals surface area contributed by atoms with Gasteiger partial charge in [0.05, 0.1) is 0 Å². The number of carbonyl (C=O) groups excluding carboxylic acids is 1. The van der Waals surface area contributed by atoms with Gasteiger partial charge in [0, 0.05) is 32.5 Å². The average Bonchev–Trinajstić information content (AvgIpc) is 2.32. The molecule has 0 aromatic heterocycles. The minimum Gasteiger partial charge on any atom is -0.355 e. The van der Waals surface area contributed by atoms with E-state index in [-0.39, 0.29) is 5.91 Å². The van der Waals surface area contributed by atoms with Crippen LogP contribution >= 0.6 is 0 Å². The zero-order chi connectivity index (χ0) is 9.52. The van der Waals surface area contributed by atoms with Crippen LogP contribution in [0.3, 0.4) is 0 Å². The van der Waals surface area contributed by atoms with Gasteiger partial charge in [0.25, 0.3) is 0 Å². The van der Waals surface area contributed by atoms with E-state index >= 15 is 0 Å². The van der Waals surface area contributed by atoms with E-state index in [1.807, 2.05) is 0 Å². The highest BCUT2D eigenvalue weighted by atomic mass is 16.1. The summed E-state index contributed by atoms with van der Waals surface area (Å²) in [5.74, 6) is 2.79. The van der Waals surface area contributed by atoms with Gasteiger partial charge in [0.15, 0.2) is 0 Å². The Balaban J connectivity index is 2.19. The Kier molecular flexibility index (Phi) is 4.34. The number of rotatable bonds is 3. The molecule has 72 valence electrons. The summed E-state index contributed by atoms with van der Waals surface area (Å²) in [5, 5.41) is 2.84. The molecule has 1 fully saturated rings. The van der Waals surface area contributed by atoms with Gasteiger partial charge >= 0.3 is 0 Å². The summed E-state index contributed by atoms with van der Waals surface area (Å²) >= 11 is 0. The molecule has 0 bridgehead atoms. The summed E-state index contributed by atoms with van der Waals surface area (Å²) in [6.45, 7) is 3.61. The first-order valence-corrected chi connectivity index (χ1v) is 4.75. The topological polar surface area (TPSA) is 32.3 Å². The standard InChI is InChI=1S/C10H16N2O/c1-2-3-4-7-12-8-5-10(13)11-6-9-12/h1H,3-9H2,(H,11,13). The van der Waals surface area contributed by atoms with E-state index in [0.717, 1.165) is 39.0 Å². The first-order chi connectivity index (χ1) is 6.33. The van der Waals surface area contributed by atoms with Crippen molar-refractivity contribution in [1.29, 1.82) is 0 Å². The summed E-state index contributed by atoms with van der Waals surface area (Å²) in [5.41, 5.74) is 0. The van der Waals surface area contributed by atoms with Crippen LogP contribution in [-0.2, 0) is 4.79 Å². The van der Waals surface area contributed by atoms with Crippen molar-refractivity contribution in [3.05, 3.63) is 0 Å². The molecular weight excluding hydrogens is 164 g/mol. The van der Waals surface area contributed by atoms with Crippen LogP contribution in [0.2, 0.25) is 0 Å². The van der Waals surface area contributed by atoms with Crippen LogP contribution in [-0.4, -0.2) is 37.0 Å². The SMILES string of the molecule is C#CCCCN1CCNC(=O)CC1. The summed E-state index contributed by atoms with van der Waals surface area (Å²) in [6.07, 6.45) is 7.65. The number of carbonyl (C=O) groups is 1. The smallest absolute Gasteiger partial charge is 0.221 e. The first-order valence-electron chi connectivity index (χ1n) is 4.75. The molecule has 0 atom stereocenters. The van der Waals surface area contributed by atoms with E-state index in [1.54, 1.807) is 0 Å². The van der Waals surface area contributed by atoms with Crippen molar-refractivity contribution in [3.8, 4) is 12.3 Å². The summed E-state index contributed by atoms with van der Waals surface area (Å²) in [6, 6.07) is 0. The molecule has 1 aliphatic rings. The molecule has 13 heavy (non-hydrogen) atoms. The molecule has 0 aromatic rings. The molecule has 0 unspecified atom stereocenters. The molecule has 3 heteroatoms. The Hall–Kier alpha value is -1.01. The Morgan fingerprint density at radius 1 is 1.54 bits per heavy atom. The van der Waals surface area contributed by atoms with Gasteiger partial charge in [-0.25, -0.2) is 0 Å². The zero-order valence-electron chi connectivity index (χ0n) is 7.88. The van der Waals surface area contributed by atoms with Crippen molar-refractivity contribution in [2.24, 2.45) is 0 Å². The van der Waals surface area contributed by atoms with E-state index in [4.69, 9.17) is 6.42 Å². The molecule has 1 N–H and O–H groups in total. The molecule has 0 spiro atoms. The van der Waals surface area contributed by atoms with Crippen LogP contribution in [0.15, 0.2) is 0 Å². The van der Waals surface area contributed by atoms with Crippen molar-refractivity contribution in [2.75, 3.05) is 26.2 Å². The lowest BCUT2D eigenvalue weighted by Crippen LogP contribution is -2.29. The van der Waals surface area contributed by atoms with Crippen LogP contribution in [0.25, 0.3) is 0 Å². The van der Waals surface area contributed by atoms with Crippen molar-refractivity contribution < 1.29 is 4.79 Å². The van der Waals surface area contributed by atoms with Crippen molar-refractivity contribution in [1.82, 2.24) is 10.2 Å². The van der Waals surface area contributed by atoms with Crippen LogP contribution in [0.1, 0.15) is 19.3 Å². The summed E-state index contributed by atoms with van der Waals surface area (Å²) in [4.78, 5) is 13.3. The highest BCUT2D eigenvalue weighted by molar-refractivity contribution is 5.76. The molecule has 0 radical (unpaired) electrons. The lowest BCUT2D eigenvalue weighted by molar-refractivity contribution is -0.120. The van der Waals surface area contributed by atoms with Crippen molar-refractivity contribution >= 4 is 5.91 Å². The molecule has 0 saturated carbocycles. The van der Waals surface area contributed by atoms with Crippen LogP contribution in [0, 0.1) is 12.3 Å². The van der Waals surface area contributed by atoms with Crippen LogP contribution < -0.4 is 5.32 Å². The Morgan fingerprint density at radius 2 is 2.38 bits per heavy atom. The fourth-order valence-corrected chi connectivity index (χ4v) is 1.44. The Labute approximate surface area is 79.5 Å². The maximum Gasteiger partial charge on any atom is 0.221 e. The molecule has 1 amide bonds. The number of nitrogens with one attached hydrogen (secondary N) is 1. The third kappa shape index (κ3) is 3.95. The monoisotopic (exact) mass is 180 g/mol. The predicted molar refractivity (Wildman–Crippen MR) is 52.1 cm³/mol. The van der Waals surface area contributed by atoms with Gasteiger partial charge in [-0.3, -0.25) is 4.79 Å². The van der Waals surface area contributed by atoms with Gasteiger partial charge in [-0.05, 0) is 13.0 Å². The maximum absolute atomic E-state index is 11.0. The lowest BCUT2D eigenvalue weighted by atomic mass is 10.3. The van der Waals surface area contributed by atoms with E-state index < -0.39 is 0 Å². The average molecular weight is 180 g/mol. The van der Waals surface area contributed by atoms with Crippen LogP contribution in [0.4, 0.5) is 0 Å². The van der Waals surface area contributed by atoms with E-state index in [2.05, 4.69) is 16.1 Å². The highest BCUT2D eigenvalue weighted by Gasteiger charge is 2.11. The second kappa shape index (κ2) is 5.60.